The Morgan fingerprint density at radius 3 is 1.38 bits per heavy atom. The predicted octanol–water partition coefficient (Wildman–Crippen LogP) is 3.13. The van der Waals surface area contributed by atoms with E-state index in [4.69, 9.17) is 0 Å². The molecule has 0 atom stereocenters. The summed E-state index contributed by atoms with van der Waals surface area (Å²) in [6.07, 6.45) is 0. The number of nitrogens with zero attached hydrogens (tertiary/aromatic N) is 3. The maximum atomic E-state index is 13.9. The van der Waals surface area contributed by atoms with Gasteiger partial charge in [-0.3, -0.25) is 19.2 Å². The lowest BCUT2D eigenvalue weighted by molar-refractivity contribution is 0.0944. The van der Waals surface area contributed by atoms with Crippen LogP contribution in [0.1, 0.15) is 20.7 Å². The topological polar surface area (TPSA) is 198 Å². The fourth-order valence-corrected chi connectivity index (χ4v) is 6.66. The summed E-state index contributed by atoms with van der Waals surface area (Å²) in [6, 6.07) is 15.9. The Bertz CT molecular complexity index is 2370. The number of amides is 2. The average molecular weight is 764 g/mol. The molecule has 56 heavy (non-hydrogen) atoms. The molecule has 0 saturated heterocycles. The SMILES string of the molecule is CN(C)CCNC(=O)c1ccc(NCCN(C)CCNc2ccc(C(=O)NCCN(C)C)c3[nH]c4ccc(O)cc4c(=O)c23)c2c(=O)c3cc(O)ccc3[nH]c12. The number of phenols is 2. The third kappa shape index (κ3) is 8.70. The number of fused-ring (bicyclic) bond motifs is 4. The summed E-state index contributed by atoms with van der Waals surface area (Å²) in [5.41, 5.74) is 2.99. The first-order valence-corrected chi connectivity index (χ1v) is 18.5. The van der Waals surface area contributed by atoms with E-state index in [1.165, 1.54) is 24.3 Å². The number of carbonyl (C=O) groups is 2. The summed E-state index contributed by atoms with van der Waals surface area (Å²) >= 11 is 0. The van der Waals surface area contributed by atoms with Gasteiger partial charge in [-0.15, -0.1) is 0 Å². The molecule has 0 fully saturated rings. The van der Waals surface area contributed by atoms with Crippen LogP contribution >= 0.6 is 0 Å². The number of H-pyrrole nitrogens is 2. The molecule has 0 unspecified atom stereocenters. The number of pyridine rings is 2. The number of hydrogen-bond acceptors (Lipinski definition) is 11. The van der Waals surface area contributed by atoms with Gasteiger partial charge in [0.2, 0.25) is 0 Å². The first-order valence-electron chi connectivity index (χ1n) is 18.5. The molecule has 0 spiro atoms. The Morgan fingerprint density at radius 2 is 0.982 bits per heavy atom. The summed E-state index contributed by atoms with van der Waals surface area (Å²) in [7, 11) is 9.64. The minimum Gasteiger partial charge on any atom is -0.508 e. The van der Waals surface area contributed by atoms with Crippen LogP contribution in [0.5, 0.6) is 11.5 Å². The van der Waals surface area contributed by atoms with E-state index in [1.807, 2.05) is 45.0 Å². The maximum absolute atomic E-state index is 13.9. The lowest BCUT2D eigenvalue weighted by Gasteiger charge is -2.20. The number of rotatable bonds is 16. The molecule has 6 aromatic rings. The van der Waals surface area contributed by atoms with Gasteiger partial charge in [0.1, 0.15) is 11.5 Å². The van der Waals surface area contributed by atoms with Crippen molar-refractivity contribution in [1.82, 2.24) is 35.3 Å². The molecular formula is C41H49N9O6. The van der Waals surface area contributed by atoms with Crippen LogP contribution in [0, 0.1) is 0 Å². The number of anilines is 2. The number of aromatic nitrogens is 2. The fourth-order valence-electron chi connectivity index (χ4n) is 6.66. The molecule has 4 aromatic carbocycles. The van der Waals surface area contributed by atoms with E-state index in [-0.39, 0.29) is 34.2 Å². The molecule has 8 N–H and O–H groups in total. The van der Waals surface area contributed by atoms with Gasteiger partial charge >= 0.3 is 0 Å². The molecule has 0 aliphatic rings. The van der Waals surface area contributed by atoms with E-state index >= 15 is 0 Å². The molecular weight excluding hydrogens is 715 g/mol. The normalized spacial score (nSPS) is 11.7. The highest BCUT2D eigenvalue weighted by atomic mass is 16.3. The van der Waals surface area contributed by atoms with Crippen molar-refractivity contribution >= 4 is 66.8 Å². The zero-order valence-corrected chi connectivity index (χ0v) is 32.3. The molecule has 15 nitrogen and oxygen atoms in total. The van der Waals surface area contributed by atoms with Crippen LogP contribution in [0.4, 0.5) is 11.4 Å². The van der Waals surface area contributed by atoms with Crippen LogP contribution in [0.3, 0.4) is 0 Å². The minimum atomic E-state index is -0.310. The first kappa shape index (κ1) is 39.5. The summed E-state index contributed by atoms with van der Waals surface area (Å²) in [5.74, 6) is -0.675. The predicted molar refractivity (Wildman–Crippen MR) is 224 cm³/mol. The molecule has 2 amide bonds. The number of carbonyl (C=O) groups excluding carboxylic acids is 2. The average Bonchev–Trinajstić information content (AvgIpc) is 3.15. The minimum absolute atomic E-state index is 0.0352. The largest absolute Gasteiger partial charge is 0.508 e. The number of aromatic hydroxyl groups is 2. The Labute approximate surface area is 323 Å². The molecule has 2 aromatic heterocycles. The van der Waals surface area contributed by atoms with Gasteiger partial charge in [0, 0.05) is 74.5 Å². The number of phenolic OH excluding ortho intramolecular Hbond substituents is 2. The van der Waals surface area contributed by atoms with Crippen LogP contribution in [0.25, 0.3) is 43.6 Å². The van der Waals surface area contributed by atoms with Crippen LogP contribution < -0.4 is 32.1 Å². The second-order valence-corrected chi connectivity index (χ2v) is 14.5. The summed E-state index contributed by atoms with van der Waals surface area (Å²) in [6.45, 7) is 4.29. The Balaban J connectivity index is 1.18. The van der Waals surface area contributed by atoms with Gasteiger partial charge in [-0.1, -0.05) is 0 Å². The molecule has 15 heteroatoms. The lowest BCUT2D eigenvalue weighted by Crippen LogP contribution is -2.32. The van der Waals surface area contributed by atoms with Gasteiger partial charge in [-0.25, -0.2) is 0 Å². The Hall–Kier alpha value is -6.16. The molecule has 294 valence electrons. The number of aromatic amines is 2. The van der Waals surface area contributed by atoms with Crippen molar-refractivity contribution in [3.8, 4) is 11.5 Å². The molecule has 0 saturated carbocycles. The van der Waals surface area contributed by atoms with Crippen molar-refractivity contribution < 1.29 is 19.8 Å². The summed E-state index contributed by atoms with van der Waals surface area (Å²) in [5, 5.41) is 34.1. The lowest BCUT2D eigenvalue weighted by atomic mass is 10.0. The van der Waals surface area contributed by atoms with Gasteiger partial charge in [-0.05, 0) is 95.9 Å². The van der Waals surface area contributed by atoms with Crippen molar-refractivity contribution in [1.29, 1.82) is 0 Å². The molecule has 6 rings (SSSR count). The second kappa shape index (κ2) is 17.1. The van der Waals surface area contributed by atoms with Gasteiger partial charge < -0.3 is 56.1 Å². The van der Waals surface area contributed by atoms with Crippen LogP contribution in [-0.4, -0.2) is 134 Å². The highest BCUT2D eigenvalue weighted by Crippen LogP contribution is 2.28. The van der Waals surface area contributed by atoms with Crippen LogP contribution in [-0.2, 0) is 0 Å². The van der Waals surface area contributed by atoms with Gasteiger partial charge in [-0.2, -0.15) is 0 Å². The zero-order chi connectivity index (χ0) is 40.1. The monoisotopic (exact) mass is 763 g/mol. The summed E-state index contributed by atoms with van der Waals surface area (Å²) < 4.78 is 0. The van der Waals surface area contributed by atoms with Gasteiger partial charge in [0.25, 0.3) is 11.8 Å². The second-order valence-electron chi connectivity index (χ2n) is 14.5. The number of nitrogens with one attached hydrogen (secondary N) is 6. The summed E-state index contributed by atoms with van der Waals surface area (Å²) in [4.78, 5) is 66.8. The molecule has 0 radical (unpaired) electrons. The van der Waals surface area contributed by atoms with E-state index in [0.29, 0.717) is 118 Å². The third-order valence-electron chi connectivity index (χ3n) is 9.68. The molecule has 0 bridgehead atoms. The quantitative estimate of drug-likeness (QED) is 0.0675. The van der Waals surface area contributed by atoms with Crippen LogP contribution in [0.15, 0.2) is 70.3 Å². The highest BCUT2D eigenvalue weighted by molar-refractivity contribution is 6.12. The van der Waals surface area contributed by atoms with Crippen molar-refractivity contribution in [2.24, 2.45) is 0 Å². The van der Waals surface area contributed by atoms with Crippen molar-refractivity contribution in [2.75, 3.05) is 98.2 Å². The number of hydrogen-bond donors (Lipinski definition) is 8. The van der Waals surface area contributed by atoms with E-state index < -0.39 is 0 Å². The van der Waals surface area contributed by atoms with E-state index in [0.717, 1.165) is 0 Å². The Kier molecular flexibility index (Phi) is 12.1. The van der Waals surface area contributed by atoms with Gasteiger partial charge in [0.05, 0.1) is 44.0 Å². The zero-order valence-electron chi connectivity index (χ0n) is 32.3. The maximum Gasteiger partial charge on any atom is 0.253 e. The first-order chi connectivity index (χ1) is 26.8. The standard InChI is InChI=1S/C41H49N9O6/c1-48(2)18-14-44-40(55)26-8-12-32(34-36(26)46-30-10-6-24(51)22-28(30)38(34)53)42-16-20-50(5)21-17-43-33-13-9-27(41(56)45-15-19-49(3)4)37-35(33)39(54)29-23-25(52)7-11-31(29)47-37/h6-13,22-23,42-43,51-52H,14-21H2,1-5H3,(H,44,55)(H,45,56)(H,46,53)(H,47,54). The number of likely N-dealkylation sites (N-methyl/N-ethyl adjacent to an activating group) is 3. The fraction of sp³-hybridized carbons (Fsp3) is 0.317. The number of benzene rings is 4. The van der Waals surface area contributed by atoms with Gasteiger partial charge in [0.15, 0.2) is 10.9 Å². The van der Waals surface area contributed by atoms with E-state index in [9.17, 15) is 29.4 Å². The third-order valence-corrected chi connectivity index (χ3v) is 9.68. The van der Waals surface area contributed by atoms with E-state index in [2.05, 4.69) is 36.1 Å². The molecule has 0 aliphatic carbocycles. The van der Waals surface area contributed by atoms with Crippen molar-refractivity contribution in [3.05, 3.63) is 92.2 Å². The molecule has 0 aliphatic heterocycles. The van der Waals surface area contributed by atoms with Crippen molar-refractivity contribution in [3.63, 3.8) is 0 Å². The van der Waals surface area contributed by atoms with Crippen molar-refractivity contribution in [2.45, 2.75) is 0 Å². The van der Waals surface area contributed by atoms with E-state index in [1.54, 1.807) is 36.4 Å². The Morgan fingerprint density at radius 1 is 0.571 bits per heavy atom. The van der Waals surface area contributed by atoms with Crippen LogP contribution in [0.2, 0.25) is 0 Å². The smallest absolute Gasteiger partial charge is 0.253 e. The highest BCUT2D eigenvalue weighted by Gasteiger charge is 2.20. The molecule has 2 heterocycles.